The molecule has 1 aliphatic carbocycles. The number of pyridine rings is 1. The molecule has 1 aromatic heterocycles. The third-order valence-corrected chi connectivity index (χ3v) is 3.36. The molecule has 0 atom stereocenters. The molecular formula is C15H19N3. The van der Waals surface area contributed by atoms with Crippen LogP contribution in [0.5, 0.6) is 0 Å². The lowest BCUT2D eigenvalue weighted by atomic mass is 10.1. The Balaban J connectivity index is 1.56. The Morgan fingerprint density at radius 1 is 1.11 bits per heavy atom. The van der Waals surface area contributed by atoms with Gasteiger partial charge in [0.15, 0.2) is 0 Å². The van der Waals surface area contributed by atoms with Gasteiger partial charge in [-0.3, -0.25) is 4.98 Å². The molecule has 0 aliphatic heterocycles. The predicted molar refractivity (Wildman–Crippen MR) is 74.5 cm³/mol. The molecule has 3 nitrogen and oxygen atoms in total. The summed E-state index contributed by atoms with van der Waals surface area (Å²) in [4.78, 5) is 4.38. The molecule has 1 heterocycles. The van der Waals surface area contributed by atoms with Crippen LogP contribution in [-0.2, 0) is 6.54 Å². The number of nitrogens with one attached hydrogen (secondary N) is 2. The van der Waals surface area contributed by atoms with Gasteiger partial charge in [-0.2, -0.15) is 0 Å². The van der Waals surface area contributed by atoms with Gasteiger partial charge in [-0.15, -0.1) is 0 Å². The highest BCUT2D eigenvalue weighted by molar-refractivity contribution is 5.81. The molecule has 2 aromatic rings. The van der Waals surface area contributed by atoms with Crippen molar-refractivity contribution in [2.45, 2.75) is 25.4 Å². The Morgan fingerprint density at radius 3 is 2.94 bits per heavy atom. The van der Waals surface area contributed by atoms with Crippen LogP contribution in [0.15, 0.2) is 36.5 Å². The van der Waals surface area contributed by atoms with E-state index in [0.29, 0.717) is 0 Å². The molecule has 94 valence electrons. The summed E-state index contributed by atoms with van der Waals surface area (Å²) in [5.41, 5.74) is 2.40. The van der Waals surface area contributed by atoms with E-state index in [0.717, 1.165) is 31.2 Å². The topological polar surface area (TPSA) is 37.0 Å². The second-order valence-corrected chi connectivity index (χ2v) is 4.89. The van der Waals surface area contributed by atoms with Crippen LogP contribution in [0.3, 0.4) is 0 Å². The van der Waals surface area contributed by atoms with Crippen LogP contribution in [-0.4, -0.2) is 24.1 Å². The quantitative estimate of drug-likeness (QED) is 0.760. The summed E-state index contributed by atoms with van der Waals surface area (Å²) < 4.78 is 0. The molecule has 3 rings (SSSR count). The first-order valence-electron chi connectivity index (χ1n) is 6.70. The van der Waals surface area contributed by atoms with Gasteiger partial charge in [0, 0.05) is 37.3 Å². The standard InChI is InChI=1S/C15H19N3/c1-3-12(11-16-9-10-17-13-6-7-13)14-4-2-8-18-15(14)5-1/h1-5,8,13,16-17H,6-7,9-11H2. The molecular weight excluding hydrogens is 222 g/mol. The van der Waals surface area contributed by atoms with Gasteiger partial charge < -0.3 is 10.6 Å². The maximum atomic E-state index is 4.38. The van der Waals surface area contributed by atoms with Gasteiger partial charge in [-0.25, -0.2) is 0 Å². The van der Waals surface area contributed by atoms with Gasteiger partial charge >= 0.3 is 0 Å². The van der Waals surface area contributed by atoms with Crippen molar-refractivity contribution in [3.05, 3.63) is 42.1 Å². The van der Waals surface area contributed by atoms with E-state index in [-0.39, 0.29) is 0 Å². The highest BCUT2D eigenvalue weighted by atomic mass is 15.0. The first-order valence-corrected chi connectivity index (χ1v) is 6.70. The van der Waals surface area contributed by atoms with E-state index in [9.17, 15) is 0 Å². The van der Waals surface area contributed by atoms with Gasteiger partial charge in [0.2, 0.25) is 0 Å². The fourth-order valence-electron chi connectivity index (χ4n) is 2.20. The van der Waals surface area contributed by atoms with Gasteiger partial charge in [0.1, 0.15) is 0 Å². The van der Waals surface area contributed by atoms with Crippen LogP contribution in [0.2, 0.25) is 0 Å². The first kappa shape index (κ1) is 11.6. The summed E-state index contributed by atoms with van der Waals surface area (Å²) in [6, 6.07) is 11.3. The molecule has 0 radical (unpaired) electrons. The van der Waals surface area contributed by atoms with E-state index in [2.05, 4.69) is 39.9 Å². The average Bonchev–Trinajstić information content (AvgIpc) is 3.23. The number of aromatic nitrogens is 1. The molecule has 0 spiro atoms. The van der Waals surface area contributed by atoms with Gasteiger partial charge in [-0.05, 0) is 30.5 Å². The molecule has 0 unspecified atom stereocenters. The number of nitrogens with zero attached hydrogens (tertiary/aromatic N) is 1. The minimum absolute atomic E-state index is 0.800. The molecule has 2 N–H and O–H groups in total. The van der Waals surface area contributed by atoms with Crippen LogP contribution in [0.1, 0.15) is 18.4 Å². The molecule has 1 saturated carbocycles. The summed E-state index contributed by atoms with van der Waals surface area (Å²) in [6.45, 7) is 3.00. The van der Waals surface area contributed by atoms with Crippen molar-refractivity contribution in [2.24, 2.45) is 0 Å². The summed E-state index contributed by atoms with van der Waals surface area (Å²) in [7, 11) is 0. The SMILES string of the molecule is c1cc(CNCCNC2CC2)c2cccnc2c1. The van der Waals surface area contributed by atoms with E-state index in [1.807, 2.05) is 12.3 Å². The molecule has 1 aliphatic rings. The van der Waals surface area contributed by atoms with E-state index in [4.69, 9.17) is 0 Å². The van der Waals surface area contributed by atoms with Crippen LogP contribution < -0.4 is 10.6 Å². The monoisotopic (exact) mass is 241 g/mol. The molecule has 0 amide bonds. The second-order valence-electron chi connectivity index (χ2n) is 4.89. The summed E-state index contributed by atoms with van der Waals surface area (Å²) in [5.74, 6) is 0. The van der Waals surface area contributed by atoms with Crippen LogP contribution in [0.25, 0.3) is 10.9 Å². The number of hydrogen-bond acceptors (Lipinski definition) is 3. The number of fused-ring (bicyclic) bond motifs is 1. The number of hydrogen-bond donors (Lipinski definition) is 2. The first-order chi connectivity index (χ1) is 8.93. The van der Waals surface area contributed by atoms with E-state index in [1.54, 1.807) is 0 Å². The largest absolute Gasteiger partial charge is 0.313 e. The lowest BCUT2D eigenvalue weighted by Gasteiger charge is -2.08. The van der Waals surface area contributed by atoms with Crippen molar-refractivity contribution in [1.82, 2.24) is 15.6 Å². The highest BCUT2D eigenvalue weighted by Gasteiger charge is 2.19. The molecule has 3 heteroatoms. The lowest BCUT2D eigenvalue weighted by Crippen LogP contribution is -2.28. The zero-order valence-corrected chi connectivity index (χ0v) is 10.5. The highest BCUT2D eigenvalue weighted by Crippen LogP contribution is 2.18. The summed E-state index contributed by atoms with van der Waals surface area (Å²) >= 11 is 0. The Labute approximate surface area is 108 Å². The van der Waals surface area contributed by atoms with Crippen molar-refractivity contribution in [3.63, 3.8) is 0 Å². The van der Waals surface area contributed by atoms with E-state index >= 15 is 0 Å². The van der Waals surface area contributed by atoms with Gasteiger partial charge in [0.25, 0.3) is 0 Å². The van der Waals surface area contributed by atoms with Crippen LogP contribution in [0, 0.1) is 0 Å². The zero-order valence-electron chi connectivity index (χ0n) is 10.5. The predicted octanol–water partition coefficient (Wildman–Crippen LogP) is 2.08. The molecule has 1 fully saturated rings. The van der Waals surface area contributed by atoms with Gasteiger partial charge in [0.05, 0.1) is 5.52 Å². The Kier molecular flexibility index (Phi) is 3.53. The van der Waals surface area contributed by atoms with Crippen molar-refractivity contribution in [2.75, 3.05) is 13.1 Å². The summed E-state index contributed by atoms with van der Waals surface area (Å²) in [6.07, 6.45) is 4.56. The third kappa shape index (κ3) is 2.86. The van der Waals surface area contributed by atoms with E-state index in [1.165, 1.54) is 23.8 Å². The molecule has 18 heavy (non-hydrogen) atoms. The Morgan fingerprint density at radius 2 is 2.06 bits per heavy atom. The average molecular weight is 241 g/mol. The minimum atomic E-state index is 0.800. The number of benzene rings is 1. The van der Waals surface area contributed by atoms with Crippen molar-refractivity contribution >= 4 is 10.9 Å². The fourth-order valence-corrected chi connectivity index (χ4v) is 2.20. The lowest BCUT2D eigenvalue weighted by molar-refractivity contribution is 0.610. The maximum Gasteiger partial charge on any atom is 0.0705 e. The maximum absolute atomic E-state index is 4.38. The van der Waals surface area contributed by atoms with Crippen LogP contribution >= 0.6 is 0 Å². The Bertz CT molecular complexity index is 515. The minimum Gasteiger partial charge on any atom is -0.313 e. The Hall–Kier alpha value is -1.45. The van der Waals surface area contributed by atoms with Crippen molar-refractivity contribution in [1.29, 1.82) is 0 Å². The third-order valence-electron chi connectivity index (χ3n) is 3.36. The molecule has 0 bridgehead atoms. The zero-order chi connectivity index (χ0) is 12.2. The molecule has 1 aromatic carbocycles. The summed E-state index contributed by atoms with van der Waals surface area (Å²) in [5, 5.41) is 8.24. The smallest absolute Gasteiger partial charge is 0.0705 e. The normalized spacial score (nSPS) is 15.1. The fraction of sp³-hybridized carbons (Fsp3) is 0.400. The van der Waals surface area contributed by atoms with E-state index < -0.39 is 0 Å². The van der Waals surface area contributed by atoms with Crippen molar-refractivity contribution in [3.8, 4) is 0 Å². The second kappa shape index (κ2) is 5.46. The van der Waals surface area contributed by atoms with Crippen molar-refractivity contribution < 1.29 is 0 Å². The number of rotatable bonds is 6. The van der Waals surface area contributed by atoms with Crippen LogP contribution in [0.4, 0.5) is 0 Å². The molecule has 0 saturated heterocycles. The van der Waals surface area contributed by atoms with Gasteiger partial charge in [-0.1, -0.05) is 18.2 Å².